The summed E-state index contributed by atoms with van der Waals surface area (Å²) in [5.74, 6) is 0.315. The van der Waals surface area contributed by atoms with Crippen LogP contribution in [0.2, 0.25) is 0 Å². The summed E-state index contributed by atoms with van der Waals surface area (Å²) in [7, 11) is -4.67. The SMILES string of the molecule is O=S(=O)(O)O.Oc1c[nH]c2ccccc12.[KH]. The fraction of sp³-hybridized carbons (Fsp3) is 0. The second-order valence-corrected chi connectivity index (χ2v) is 3.56. The quantitative estimate of drug-likeness (QED) is 0.413. The monoisotopic (exact) mass is 271 g/mol. The molecule has 0 bridgehead atoms. The van der Waals surface area contributed by atoms with Gasteiger partial charge in [0.05, 0.1) is 0 Å². The van der Waals surface area contributed by atoms with E-state index in [9.17, 15) is 5.11 Å². The summed E-state index contributed by atoms with van der Waals surface area (Å²) in [6.45, 7) is 0. The standard InChI is InChI=1S/C8H7NO.K.H2O4S.H/c10-8-5-9-7-4-2-1-3-6(7)8;;1-5(2,3)4;/h1-5,9-10H;;(H2,1,2,3,4);. The Balaban J connectivity index is 0.000000330. The molecule has 8 heteroatoms. The Morgan fingerprint density at radius 1 is 1.12 bits per heavy atom. The number of benzene rings is 1. The molecule has 0 unspecified atom stereocenters. The van der Waals surface area contributed by atoms with Crippen LogP contribution in [0.1, 0.15) is 0 Å². The van der Waals surface area contributed by atoms with Gasteiger partial charge in [0.2, 0.25) is 0 Å². The first kappa shape index (κ1) is 16.1. The molecule has 0 saturated heterocycles. The van der Waals surface area contributed by atoms with Gasteiger partial charge < -0.3 is 10.1 Å². The number of aromatic nitrogens is 1. The molecule has 2 rings (SSSR count). The number of hydrogen-bond donors (Lipinski definition) is 4. The van der Waals surface area contributed by atoms with Gasteiger partial charge in [-0.15, -0.1) is 0 Å². The van der Waals surface area contributed by atoms with Gasteiger partial charge in [-0.05, 0) is 12.1 Å². The Morgan fingerprint density at radius 3 is 2.12 bits per heavy atom. The normalized spacial score (nSPS) is 10.1. The predicted octanol–water partition coefficient (Wildman–Crippen LogP) is 0.572. The van der Waals surface area contributed by atoms with Crippen LogP contribution in [0.5, 0.6) is 5.75 Å². The van der Waals surface area contributed by atoms with E-state index in [4.69, 9.17) is 17.5 Å². The molecule has 16 heavy (non-hydrogen) atoms. The minimum atomic E-state index is -4.67. The maximum absolute atomic E-state index is 9.18. The molecule has 0 aliphatic carbocycles. The molecule has 0 fully saturated rings. The molecule has 0 saturated carbocycles. The van der Waals surface area contributed by atoms with E-state index in [0.29, 0.717) is 5.75 Å². The van der Waals surface area contributed by atoms with E-state index in [1.165, 1.54) is 0 Å². The minimum absolute atomic E-state index is 0. The number of hydrogen-bond acceptors (Lipinski definition) is 3. The molecule has 1 aromatic heterocycles. The molecule has 4 N–H and O–H groups in total. The summed E-state index contributed by atoms with van der Waals surface area (Å²) in [6, 6.07) is 7.63. The van der Waals surface area contributed by atoms with Gasteiger partial charge in [0.15, 0.2) is 0 Å². The van der Waals surface area contributed by atoms with Crippen LogP contribution in [0.4, 0.5) is 0 Å². The number of para-hydroxylation sites is 1. The molecule has 0 aliphatic heterocycles. The van der Waals surface area contributed by atoms with Crippen LogP contribution in [0.3, 0.4) is 0 Å². The number of nitrogens with one attached hydrogen (secondary N) is 1. The van der Waals surface area contributed by atoms with Gasteiger partial charge in [0, 0.05) is 17.1 Å². The topological polar surface area (TPSA) is 111 Å². The zero-order chi connectivity index (χ0) is 11.5. The summed E-state index contributed by atoms with van der Waals surface area (Å²) < 4.78 is 31.6. The van der Waals surface area contributed by atoms with E-state index < -0.39 is 10.4 Å². The van der Waals surface area contributed by atoms with Crippen molar-refractivity contribution in [2.45, 2.75) is 0 Å². The van der Waals surface area contributed by atoms with Crippen LogP contribution in [-0.4, -0.2) is 79.0 Å². The molecular formula is C8H10KNO5S. The van der Waals surface area contributed by atoms with Gasteiger partial charge in [-0.2, -0.15) is 8.42 Å². The molecule has 84 valence electrons. The maximum atomic E-state index is 9.18. The summed E-state index contributed by atoms with van der Waals surface area (Å²) in [5, 5.41) is 10.1. The van der Waals surface area contributed by atoms with Crippen LogP contribution in [0, 0.1) is 0 Å². The molecule has 6 nitrogen and oxygen atoms in total. The third kappa shape index (κ3) is 5.96. The van der Waals surface area contributed by atoms with Crippen molar-refractivity contribution in [2.24, 2.45) is 0 Å². The van der Waals surface area contributed by atoms with Gasteiger partial charge >= 0.3 is 61.8 Å². The number of aromatic hydroxyl groups is 1. The van der Waals surface area contributed by atoms with Crippen molar-refractivity contribution < 1.29 is 22.6 Å². The van der Waals surface area contributed by atoms with E-state index in [0.717, 1.165) is 10.9 Å². The Labute approximate surface area is 135 Å². The third-order valence-corrected chi connectivity index (χ3v) is 1.57. The Hall–Kier alpha value is 0.0664. The van der Waals surface area contributed by atoms with Gasteiger partial charge in [0.1, 0.15) is 5.75 Å². The molecular weight excluding hydrogens is 261 g/mol. The zero-order valence-corrected chi connectivity index (χ0v) is 8.27. The average Bonchev–Trinajstić information content (AvgIpc) is 2.46. The summed E-state index contributed by atoms with van der Waals surface area (Å²) >= 11 is 0. The Morgan fingerprint density at radius 2 is 1.62 bits per heavy atom. The number of H-pyrrole nitrogens is 1. The third-order valence-electron chi connectivity index (χ3n) is 1.57. The van der Waals surface area contributed by atoms with Crippen LogP contribution in [0.25, 0.3) is 10.9 Å². The summed E-state index contributed by atoms with van der Waals surface area (Å²) in [6.07, 6.45) is 1.59. The van der Waals surface area contributed by atoms with Gasteiger partial charge in [-0.1, -0.05) is 12.1 Å². The molecule has 0 aliphatic rings. The van der Waals surface area contributed by atoms with Crippen molar-refractivity contribution in [3.63, 3.8) is 0 Å². The molecule has 0 radical (unpaired) electrons. The van der Waals surface area contributed by atoms with Gasteiger partial charge in [0.25, 0.3) is 0 Å². The molecule has 0 spiro atoms. The van der Waals surface area contributed by atoms with Crippen LogP contribution >= 0.6 is 0 Å². The second-order valence-electron chi connectivity index (χ2n) is 2.67. The van der Waals surface area contributed by atoms with Crippen molar-refractivity contribution >= 4 is 72.7 Å². The van der Waals surface area contributed by atoms with Gasteiger partial charge in [-0.25, -0.2) is 0 Å². The predicted molar refractivity (Wildman–Crippen MR) is 61.3 cm³/mol. The van der Waals surface area contributed by atoms with Crippen molar-refractivity contribution in [1.82, 2.24) is 4.98 Å². The second kappa shape index (κ2) is 6.72. The first-order valence-corrected chi connectivity index (χ1v) is 5.22. The van der Waals surface area contributed by atoms with Crippen LogP contribution < -0.4 is 0 Å². The molecule has 2 aromatic rings. The van der Waals surface area contributed by atoms with E-state index in [1.807, 2.05) is 24.3 Å². The summed E-state index contributed by atoms with van der Waals surface area (Å²) in [4.78, 5) is 2.94. The van der Waals surface area contributed by atoms with Crippen LogP contribution in [-0.2, 0) is 10.4 Å². The van der Waals surface area contributed by atoms with Crippen molar-refractivity contribution in [3.8, 4) is 5.75 Å². The fourth-order valence-electron chi connectivity index (χ4n) is 1.06. The average molecular weight is 271 g/mol. The molecule has 1 aromatic carbocycles. The van der Waals surface area contributed by atoms with E-state index in [1.54, 1.807) is 6.20 Å². The van der Waals surface area contributed by atoms with Crippen molar-refractivity contribution in [1.29, 1.82) is 0 Å². The first-order chi connectivity index (χ1) is 6.88. The van der Waals surface area contributed by atoms with E-state index in [-0.39, 0.29) is 51.4 Å². The molecule has 0 amide bonds. The van der Waals surface area contributed by atoms with Crippen LogP contribution in [0.15, 0.2) is 30.5 Å². The molecule has 0 atom stereocenters. The van der Waals surface area contributed by atoms with Gasteiger partial charge in [-0.3, -0.25) is 9.11 Å². The van der Waals surface area contributed by atoms with Crippen molar-refractivity contribution in [3.05, 3.63) is 30.5 Å². The Kier molecular flexibility index (Phi) is 6.75. The summed E-state index contributed by atoms with van der Waals surface area (Å²) in [5.41, 5.74) is 0.972. The fourth-order valence-corrected chi connectivity index (χ4v) is 1.06. The number of aromatic amines is 1. The number of rotatable bonds is 0. The Bertz CT molecular complexity index is 542. The number of fused-ring (bicyclic) bond motifs is 1. The van der Waals surface area contributed by atoms with E-state index >= 15 is 0 Å². The van der Waals surface area contributed by atoms with Crippen molar-refractivity contribution in [2.75, 3.05) is 0 Å². The first-order valence-electron chi connectivity index (χ1n) is 3.83. The zero-order valence-electron chi connectivity index (χ0n) is 7.45. The van der Waals surface area contributed by atoms with E-state index in [2.05, 4.69) is 4.98 Å². The molecule has 1 heterocycles.